The largest absolute Gasteiger partial charge is 0.492 e. The summed E-state index contributed by atoms with van der Waals surface area (Å²) >= 11 is 19.3. The van der Waals surface area contributed by atoms with E-state index < -0.39 is 28.5 Å². The third-order valence-corrected chi connectivity index (χ3v) is 11.2. The number of ether oxygens (including phenoxy) is 1. The van der Waals surface area contributed by atoms with Crippen molar-refractivity contribution in [3.63, 3.8) is 0 Å². The van der Waals surface area contributed by atoms with Gasteiger partial charge in [-0.3, -0.25) is 13.9 Å². The number of benzene rings is 4. The fourth-order valence-corrected chi connectivity index (χ4v) is 8.03. The predicted octanol–water partition coefficient (Wildman–Crippen LogP) is 7.94. The summed E-state index contributed by atoms with van der Waals surface area (Å²) in [6.07, 6.45) is 3.86. The molecule has 0 unspecified atom stereocenters. The number of nitrogens with zero attached hydrogens (tertiary/aromatic N) is 2. The number of anilines is 1. The minimum atomic E-state index is -4.36. The molecule has 8 nitrogen and oxygen atoms in total. The van der Waals surface area contributed by atoms with Crippen LogP contribution >= 0.6 is 34.8 Å². The lowest BCUT2D eigenvalue weighted by molar-refractivity contribution is -0.140. The number of carbonyl (C=O) groups is 2. The summed E-state index contributed by atoms with van der Waals surface area (Å²) in [6, 6.07) is 25.7. The second kappa shape index (κ2) is 16.8. The molecule has 1 N–H and O–H groups in total. The molecule has 0 aliphatic heterocycles. The normalized spacial score (nSPS) is 13.9. The lowest BCUT2D eigenvalue weighted by atomic mass is 10.0. The highest BCUT2D eigenvalue weighted by atomic mass is 35.5. The zero-order valence-corrected chi connectivity index (χ0v) is 30.1. The maximum Gasteiger partial charge on any atom is 0.264 e. The molecule has 2 amide bonds. The molecule has 0 heterocycles. The van der Waals surface area contributed by atoms with Crippen molar-refractivity contribution < 1.29 is 22.7 Å². The van der Waals surface area contributed by atoms with E-state index >= 15 is 0 Å². The highest BCUT2D eigenvalue weighted by Gasteiger charge is 2.37. The molecule has 1 saturated carbocycles. The van der Waals surface area contributed by atoms with Crippen LogP contribution in [0.5, 0.6) is 5.75 Å². The number of carbonyl (C=O) groups excluding carboxylic acids is 2. The fraction of sp³-hybridized carbons (Fsp3) is 0.297. The Morgan fingerprint density at radius 2 is 1.49 bits per heavy atom. The van der Waals surface area contributed by atoms with Crippen LogP contribution in [0.3, 0.4) is 0 Å². The van der Waals surface area contributed by atoms with Crippen LogP contribution < -0.4 is 14.4 Å². The van der Waals surface area contributed by atoms with E-state index in [4.69, 9.17) is 39.5 Å². The maximum absolute atomic E-state index is 14.8. The zero-order valence-electron chi connectivity index (χ0n) is 27.0. The van der Waals surface area contributed by atoms with Gasteiger partial charge in [0.2, 0.25) is 11.8 Å². The quantitative estimate of drug-likeness (QED) is 0.142. The Morgan fingerprint density at radius 3 is 2.14 bits per heavy atom. The van der Waals surface area contributed by atoms with Gasteiger partial charge in [-0.1, -0.05) is 96.2 Å². The molecule has 5 rings (SSSR count). The lowest BCUT2D eigenvalue weighted by Crippen LogP contribution is -2.54. The maximum atomic E-state index is 14.8. The summed E-state index contributed by atoms with van der Waals surface area (Å²) in [6.45, 7) is 1.25. The molecule has 4 aromatic carbocycles. The molecule has 0 radical (unpaired) electrons. The molecule has 258 valence electrons. The SMILES string of the molecule is CCOc1ccccc1N(CC(=O)N(Cc1c(Cl)cccc1Cl)[C@@H](Cc1ccccc1)C(=O)NC1CCCC1)S(=O)(=O)c1ccc(Cl)cc1. The molecule has 1 atom stereocenters. The zero-order chi connectivity index (χ0) is 35.0. The van der Waals surface area contributed by atoms with Crippen LogP contribution in [0.4, 0.5) is 5.69 Å². The van der Waals surface area contributed by atoms with Crippen LogP contribution in [0.15, 0.2) is 102 Å². The predicted molar refractivity (Wildman–Crippen MR) is 195 cm³/mol. The molecule has 0 spiro atoms. The van der Waals surface area contributed by atoms with Crippen LogP contribution in [0, 0.1) is 0 Å². The number of para-hydroxylation sites is 2. The first-order chi connectivity index (χ1) is 23.6. The van der Waals surface area contributed by atoms with E-state index in [0.717, 1.165) is 35.6 Å². The summed E-state index contributed by atoms with van der Waals surface area (Å²) in [4.78, 5) is 30.4. The van der Waals surface area contributed by atoms with Crippen LogP contribution in [0.1, 0.15) is 43.7 Å². The first-order valence-electron chi connectivity index (χ1n) is 16.1. The molecule has 1 aliphatic carbocycles. The van der Waals surface area contributed by atoms with Crippen molar-refractivity contribution in [1.29, 1.82) is 0 Å². The average Bonchev–Trinajstić information content (AvgIpc) is 3.60. The van der Waals surface area contributed by atoms with E-state index in [-0.39, 0.29) is 47.9 Å². The molecule has 4 aromatic rings. The molecule has 12 heteroatoms. The van der Waals surface area contributed by atoms with Gasteiger partial charge < -0.3 is 15.0 Å². The standard InChI is InChI=1S/C37H38Cl3N3O5S/c1-2-48-35-18-9-8-17-33(35)43(49(46,47)29-21-19-27(38)20-22-29)25-36(44)42(24-30-31(39)15-10-16-32(30)40)34(23-26-11-4-3-5-12-26)37(45)41-28-13-6-7-14-28/h3-5,8-12,15-22,28,34H,2,6-7,13-14,23-25H2,1H3,(H,41,45)/t34-/m0/s1. The minimum Gasteiger partial charge on any atom is -0.492 e. The number of hydrogen-bond acceptors (Lipinski definition) is 5. The van der Waals surface area contributed by atoms with Gasteiger partial charge in [0.05, 0.1) is 17.2 Å². The number of sulfonamides is 1. The Hall–Kier alpha value is -3.76. The van der Waals surface area contributed by atoms with E-state index in [1.54, 1.807) is 49.4 Å². The van der Waals surface area contributed by atoms with Gasteiger partial charge in [0, 0.05) is 39.6 Å². The van der Waals surface area contributed by atoms with Gasteiger partial charge in [0.25, 0.3) is 10.0 Å². The minimum absolute atomic E-state index is 0.0218. The molecule has 0 aromatic heterocycles. The van der Waals surface area contributed by atoms with Crippen molar-refractivity contribution in [3.8, 4) is 5.75 Å². The van der Waals surface area contributed by atoms with Crippen molar-refractivity contribution in [2.24, 2.45) is 0 Å². The Morgan fingerprint density at radius 1 is 0.857 bits per heavy atom. The molecule has 1 aliphatic rings. The van der Waals surface area contributed by atoms with Gasteiger partial charge in [-0.15, -0.1) is 0 Å². The second-order valence-electron chi connectivity index (χ2n) is 11.8. The summed E-state index contributed by atoms with van der Waals surface area (Å²) in [5.74, 6) is -0.702. The second-order valence-corrected chi connectivity index (χ2v) is 14.9. The average molecular weight is 743 g/mol. The van der Waals surface area contributed by atoms with Gasteiger partial charge in [0.15, 0.2) is 0 Å². The smallest absolute Gasteiger partial charge is 0.264 e. The molecule has 0 saturated heterocycles. The number of amides is 2. The number of rotatable bonds is 14. The highest BCUT2D eigenvalue weighted by Crippen LogP contribution is 2.34. The Balaban J connectivity index is 1.62. The van der Waals surface area contributed by atoms with Gasteiger partial charge in [-0.25, -0.2) is 8.42 Å². The van der Waals surface area contributed by atoms with Gasteiger partial charge >= 0.3 is 0 Å². The van der Waals surface area contributed by atoms with Crippen LogP contribution in [-0.2, 0) is 32.6 Å². The van der Waals surface area contributed by atoms with Crippen molar-refractivity contribution in [3.05, 3.63) is 123 Å². The molecular weight excluding hydrogens is 705 g/mol. The lowest BCUT2D eigenvalue weighted by Gasteiger charge is -2.35. The Labute approximate surface area is 303 Å². The molecule has 49 heavy (non-hydrogen) atoms. The Kier molecular flexibility index (Phi) is 12.5. The fourth-order valence-electron chi connectivity index (χ4n) is 5.96. The van der Waals surface area contributed by atoms with Crippen LogP contribution in [0.2, 0.25) is 15.1 Å². The first-order valence-corrected chi connectivity index (χ1v) is 18.7. The molecule has 1 fully saturated rings. The van der Waals surface area contributed by atoms with Crippen molar-refractivity contribution in [2.45, 2.75) is 62.6 Å². The van der Waals surface area contributed by atoms with Crippen molar-refractivity contribution in [2.75, 3.05) is 17.5 Å². The van der Waals surface area contributed by atoms with E-state index in [9.17, 15) is 18.0 Å². The molecular formula is C37H38Cl3N3O5S. The molecule has 0 bridgehead atoms. The van der Waals surface area contributed by atoms with Crippen LogP contribution in [0.25, 0.3) is 0 Å². The third-order valence-electron chi connectivity index (χ3n) is 8.48. The van der Waals surface area contributed by atoms with Crippen LogP contribution in [-0.4, -0.2) is 50.4 Å². The topological polar surface area (TPSA) is 96.0 Å². The van der Waals surface area contributed by atoms with Gasteiger partial charge in [0.1, 0.15) is 18.3 Å². The van der Waals surface area contributed by atoms with Gasteiger partial charge in [-0.05, 0) is 73.9 Å². The summed E-state index contributed by atoms with van der Waals surface area (Å²) in [7, 11) is -4.36. The van der Waals surface area contributed by atoms with Gasteiger partial charge in [-0.2, -0.15) is 0 Å². The Bertz CT molecular complexity index is 1830. The van der Waals surface area contributed by atoms with E-state index in [2.05, 4.69) is 5.32 Å². The number of nitrogens with one attached hydrogen (secondary N) is 1. The van der Waals surface area contributed by atoms with Crippen molar-refractivity contribution in [1.82, 2.24) is 10.2 Å². The van der Waals surface area contributed by atoms with E-state index in [1.807, 2.05) is 30.3 Å². The first kappa shape index (κ1) is 36.5. The van der Waals surface area contributed by atoms with E-state index in [0.29, 0.717) is 20.6 Å². The summed E-state index contributed by atoms with van der Waals surface area (Å²) in [5.41, 5.74) is 1.43. The number of halogens is 3. The van der Waals surface area contributed by atoms with Crippen molar-refractivity contribution >= 4 is 62.3 Å². The monoisotopic (exact) mass is 741 g/mol. The highest BCUT2D eigenvalue weighted by molar-refractivity contribution is 7.92. The summed E-state index contributed by atoms with van der Waals surface area (Å²) in [5, 5.41) is 4.14. The third kappa shape index (κ3) is 9.08. The van der Waals surface area contributed by atoms with E-state index in [1.165, 1.54) is 29.2 Å². The number of hydrogen-bond donors (Lipinski definition) is 1. The summed E-state index contributed by atoms with van der Waals surface area (Å²) < 4.78 is 35.6.